The average molecular weight is 756 g/mol. The summed E-state index contributed by atoms with van der Waals surface area (Å²) in [5.74, 6) is -0.478. The molecule has 1 aliphatic heterocycles. The van der Waals surface area contributed by atoms with Gasteiger partial charge < -0.3 is 46.1 Å². The van der Waals surface area contributed by atoms with Crippen LogP contribution in [-0.4, -0.2) is 98.3 Å². The quantitative estimate of drug-likeness (QED) is 0.0837. The molecule has 0 radical (unpaired) electrons. The maximum absolute atomic E-state index is 13.5. The van der Waals surface area contributed by atoms with E-state index >= 15 is 0 Å². The Kier molecular flexibility index (Phi) is 13.7. The number of ether oxygens (including phenoxy) is 3. The molecule has 6 rings (SSSR count). The van der Waals surface area contributed by atoms with E-state index in [1.807, 2.05) is 27.9 Å². The Morgan fingerprint density at radius 3 is 2.48 bits per heavy atom. The molecule has 284 valence electrons. The third-order valence-electron chi connectivity index (χ3n) is 8.75. The van der Waals surface area contributed by atoms with Gasteiger partial charge in [0.15, 0.2) is 6.61 Å². The molecule has 1 aliphatic carbocycles. The summed E-state index contributed by atoms with van der Waals surface area (Å²) in [6, 6.07) is 19.0. The lowest BCUT2D eigenvalue weighted by Crippen LogP contribution is -2.37. The van der Waals surface area contributed by atoms with Gasteiger partial charge in [-0.3, -0.25) is 19.2 Å². The van der Waals surface area contributed by atoms with E-state index in [2.05, 4.69) is 26.3 Å². The Hall–Kier alpha value is -5.19. The number of nitrogens with two attached hydrogens (primary N) is 1. The third-order valence-corrected chi connectivity index (χ3v) is 9.39. The summed E-state index contributed by atoms with van der Waals surface area (Å²) >= 11 is 1.57. The Bertz CT molecular complexity index is 1890. The van der Waals surface area contributed by atoms with E-state index in [9.17, 15) is 19.2 Å². The van der Waals surface area contributed by atoms with Crippen LogP contribution in [0.25, 0.3) is 0 Å². The number of fused-ring (bicyclic) bond motifs is 1. The minimum atomic E-state index is -0.322. The van der Waals surface area contributed by atoms with Gasteiger partial charge in [-0.1, -0.05) is 18.2 Å². The van der Waals surface area contributed by atoms with Gasteiger partial charge in [-0.25, -0.2) is 4.98 Å². The molecule has 54 heavy (non-hydrogen) atoms. The van der Waals surface area contributed by atoms with Crippen molar-refractivity contribution < 1.29 is 33.4 Å². The summed E-state index contributed by atoms with van der Waals surface area (Å²) < 4.78 is 16.6. The molecule has 1 aromatic heterocycles. The van der Waals surface area contributed by atoms with Crippen molar-refractivity contribution in [1.82, 2.24) is 20.5 Å². The van der Waals surface area contributed by atoms with Crippen LogP contribution in [0.4, 0.5) is 11.4 Å². The zero-order valence-corrected chi connectivity index (χ0v) is 30.7. The van der Waals surface area contributed by atoms with Crippen LogP contribution in [0.1, 0.15) is 55.2 Å². The Balaban J connectivity index is 0.877. The molecule has 3 aromatic carbocycles. The molecular formula is C39H45N7O7S. The summed E-state index contributed by atoms with van der Waals surface area (Å²) in [5.41, 5.74) is 12.2. The first-order valence-corrected chi connectivity index (χ1v) is 18.9. The molecule has 1 atom stereocenters. The fraction of sp³-hybridized carbons (Fsp3) is 0.359. The van der Waals surface area contributed by atoms with E-state index < -0.39 is 0 Å². The number of hydrogen-bond acceptors (Lipinski definition) is 11. The van der Waals surface area contributed by atoms with Gasteiger partial charge in [-0.05, 0) is 66.9 Å². The highest BCUT2D eigenvalue weighted by molar-refractivity contribution is 7.07. The van der Waals surface area contributed by atoms with Crippen LogP contribution in [-0.2, 0) is 27.2 Å². The van der Waals surface area contributed by atoms with Crippen molar-refractivity contribution in [2.75, 3.05) is 63.3 Å². The normalized spacial score (nSPS) is 14.0. The molecule has 2 heterocycles. The van der Waals surface area contributed by atoms with Crippen molar-refractivity contribution in [1.29, 1.82) is 0 Å². The molecule has 14 nitrogen and oxygen atoms in total. The Morgan fingerprint density at radius 2 is 1.72 bits per heavy atom. The average Bonchev–Trinajstić information content (AvgIpc) is 3.90. The zero-order valence-electron chi connectivity index (χ0n) is 29.9. The summed E-state index contributed by atoms with van der Waals surface area (Å²) in [6.07, 6.45) is 2.60. The molecule has 0 saturated heterocycles. The van der Waals surface area contributed by atoms with Gasteiger partial charge in [0.1, 0.15) is 5.75 Å². The Labute approximate surface area is 317 Å². The fourth-order valence-corrected chi connectivity index (χ4v) is 6.37. The van der Waals surface area contributed by atoms with Gasteiger partial charge in [0.05, 0.1) is 43.3 Å². The van der Waals surface area contributed by atoms with Crippen LogP contribution in [0.2, 0.25) is 0 Å². The summed E-state index contributed by atoms with van der Waals surface area (Å²) in [4.78, 5) is 57.0. The van der Waals surface area contributed by atoms with Crippen LogP contribution in [0, 0.1) is 0 Å². The van der Waals surface area contributed by atoms with Crippen LogP contribution < -0.4 is 31.7 Å². The lowest BCUT2D eigenvalue weighted by Gasteiger charge is -2.24. The van der Waals surface area contributed by atoms with E-state index in [1.54, 1.807) is 65.9 Å². The summed E-state index contributed by atoms with van der Waals surface area (Å²) in [5, 5.41) is 13.7. The van der Waals surface area contributed by atoms with Crippen molar-refractivity contribution in [3.8, 4) is 5.75 Å². The first kappa shape index (κ1) is 38.5. The van der Waals surface area contributed by atoms with Gasteiger partial charge in [-0.2, -0.15) is 0 Å². The third kappa shape index (κ3) is 11.4. The largest absolute Gasteiger partial charge is 0.482 e. The molecule has 4 aromatic rings. The smallest absolute Gasteiger partial charge is 0.262 e. The number of nitrogens with zero attached hydrogens (tertiary/aromatic N) is 2. The highest BCUT2D eigenvalue weighted by Crippen LogP contribution is 2.33. The second-order valence-electron chi connectivity index (χ2n) is 13.1. The first-order chi connectivity index (χ1) is 26.3. The van der Waals surface area contributed by atoms with E-state index in [0.29, 0.717) is 86.4 Å². The Morgan fingerprint density at radius 1 is 0.944 bits per heavy atom. The molecule has 6 N–H and O–H groups in total. The number of anilines is 2. The van der Waals surface area contributed by atoms with Crippen molar-refractivity contribution in [3.63, 3.8) is 0 Å². The second kappa shape index (κ2) is 19.2. The molecular weight excluding hydrogens is 711 g/mol. The number of amides is 4. The number of carbonyl (C=O) groups is 4. The molecule has 1 fully saturated rings. The van der Waals surface area contributed by atoms with E-state index in [-0.39, 0.29) is 42.3 Å². The van der Waals surface area contributed by atoms with Crippen LogP contribution in [0.3, 0.4) is 0 Å². The lowest BCUT2D eigenvalue weighted by molar-refractivity contribution is -0.118. The van der Waals surface area contributed by atoms with Crippen molar-refractivity contribution >= 4 is 46.3 Å². The van der Waals surface area contributed by atoms with Crippen molar-refractivity contribution in [2.45, 2.75) is 37.9 Å². The highest BCUT2D eigenvalue weighted by Gasteiger charge is 2.33. The van der Waals surface area contributed by atoms with Gasteiger partial charge >= 0.3 is 0 Å². The van der Waals surface area contributed by atoms with E-state index in [1.165, 1.54) is 0 Å². The summed E-state index contributed by atoms with van der Waals surface area (Å²) in [7, 11) is 0. The molecule has 0 spiro atoms. The number of aromatic nitrogens is 1. The minimum absolute atomic E-state index is 0.00473. The lowest BCUT2D eigenvalue weighted by atomic mass is 10.1. The number of benzene rings is 3. The van der Waals surface area contributed by atoms with Crippen molar-refractivity contribution in [2.24, 2.45) is 5.73 Å². The highest BCUT2D eigenvalue weighted by atomic mass is 32.1. The number of nitrogens with one attached hydrogen (secondary N) is 4. The molecule has 0 unspecified atom stereocenters. The monoisotopic (exact) mass is 755 g/mol. The van der Waals surface area contributed by atoms with Gasteiger partial charge in [-0.15, -0.1) is 11.3 Å². The van der Waals surface area contributed by atoms with E-state index in [0.717, 1.165) is 30.5 Å². The van der Waals surface area contributed by atoms with Crippen LogP contribution in [0.5, 0.6) is 5.75 Å². The zero-order chi connectivity index (χ0) is 37.7. The predicted octanol–water partition coefficient (Wildman–Crippen LogP) is 3.45. The molecule has 4 amide bonds. The second-order valence-corrected chi connectivity index (χ2v) is 13.8. The number of carbonyl (C=O) groups excluding carboxylic acids is 4. The number of thiazole rings is 1. The molecule has 15 heteroatoms. The molecule has 1 saturated carbocycles. The van der Waals surface area contributed by atoms with E-state index in [4.69, 9.17) is 19.9 Å². The molecule has 2 aliphatic rings. The first-order valence-electron chi connectivity index (χ1n) is 18.0. The van der Waals surface area contributed by atoms with Crippen LogP contribution >= 0.6 is 11.3 Å². The minimum Gasteiger partial charge on any atom is -0.482 e. The SMILES string of the molecule is N[C@H](CNCCOCCOCCNC(=O)c1cccc(NC(=O)c2ccc(CN(C(=O)c3ccc4c(c3)OCC(=O)N4)C3CC3)cc2)c1)Cc1cscn1. The number of rotatable bonds is 20. The van der Waals surface area contributed by atoms with Crippen LogP contribution in [0.15, 0.2) is 77.6 Å². The predicted molar refractivity (Wildman–Crippen MR) is 205 cm³/mol. The maximum atomic E-state index is 13.5. The summed E-state index contributed by atoms with van der Waals surface area (Å²) in [6.45, 7) is 3.73. The maximum Gasteiger partial charge on any atom is 0.262 e. The fourth-order valence-electron chi connectivity index (χ4n) is 5.80. The van der Waals surface area contributed by atoms with Gasteiger partial charge in [0.2, 0.25) is 0 Å². The van der Waals surface area contributed by atoms with Gasteiger partial charge in [0.25, 0.3) is 23.6 Å². The van der Waals surface area contributed by atoms with Crippen molar-refractivity contribution in [3.05, 3.63) is 106 Å². The molecule has 0 bridgehead atoms. The number of hydrogen-bond donors (Lipinski definition) is 5. The standard InChI is InChI=1S/C39H45N7O7S/c40-30(20-32-24-54-25-43-32)21-41-12-14-51-16-17-52-15-13-42-37(48)28-2-1-3-31(18-28)44-38(49)27-6-4-26(5-7-27)22-46(33-9-10-33)39(50)29-8-11-34-35(19-29)53-23-36(47)45-34/h1-8,11,18-19,24-25,30,33,41H,9-10,12-17,20-23,40H2,(H,42,48)(H,44,49)(H,45,47)/t30-/m0/s1. The van der Waals surface area contributed by atoms with Gasteiger partial charge in [0, 0.05) is 72.4 Å². The topological polar surface area (TPSA) is 186 Å².